The maximum atomic E-state index is 12.5. The van der Waals surface area contributed by atoms with Crippen LogP contribution in [0.3, 0.4) is 0 Å². The molecular formula is C11H17F3N2O. The highest BCUT2D eigenvalue weighted by Gasteiger charge is 2.48. The van der Waals surface area contributed by atoms with Crippen molar-refractivity contribution in [1.29, 1.82) is 0 Å². The number of nitrogens with zero attached hydrogens (tertiary/aromatic N) is 1. The second-order valence-corrected chi connectivity index (χ2v) is 5.14. The summed E-state index contributed by atoms with van der Waals surface area (Å²) < 4.78 is 37.5. The number of hydrogen-bond donors (Lipinski definition) is 1. The molecule has 1 saturated carbocycles. The molecule has 17 heavy (non-hydrogen) atoms. The summed E-state index contributed by atoms with van der Waals surface area (Å²) in [6.45, 7) is -0.0384. The molecule has 0 radical (unpaired) electrons. The van der Waals surface area contributed by atoms with Gasteiger partial charge in [-0.1, -0.05) is 12.8 Å². The van der Waals surface area contributed by atoms with E-state index in [9.17, 15) is 18.0 Å². The van der Waals surface area contributed by atoms with Gasteiger partial charge in [-0.05, 0) is 19.3 Å². The average molecular weight is 250 g/mol. The fourth-order valence-corrected chi connectivity index (χ4v) is 2.75. The van der Waals surface area contributed by atoms with E-state index >= 15 is 0 Å². The molecule has 0 spiro atoms. The Bertz CT molecular complexity index is 310. The van der Waals surface area contributed by atoms with E-state index in [1.165, 1.54) is 4.90 Å². The van der Waals surface area contributed by atoms with Crippen molar-refractivity contribution in [3.05, 3.63) is 0 Å². The maximum absolute atomic E-state index is 12.5. The van der Waals surface area contributed by atoms with Gasteiger partial charge in [0, 0.05) is 13.1 Å². The van der Waals surface area contributed by atoms with Gasteiger partial charge in [0.25, 0.3) is 0 Å². The van der Waals surface area contributed by atoms with Crippen molar-refractivity contribution < 1.29 is 18.0 Å². The van der Waals surface area contributed by atoms with E-state index in [0.717, 1.165) is 12.8 Å². The smallest absolute Gasteiger partial charge is 0.340 e. The maximum Gasteiger partial charge on any atom is 0.393 e. The summed E-state index contributed by atoms with van der Waals surface area (Å²) >= 11 is 0. The predicted octanol–water partition coefficient (Wildman–Crippen LogP) is 1.67. The van der Waals surface area contributed by atoms with Gasteiger partial charge in [-0.2, -0.15) is 13.2 Å². The number of halogens is 3. The number of hydrogen-bond acceptors (Lipinski definition) is 2. The quantitative estimate of drug-likeness (QED) is 0.769. The Balaban J connectivity index is 1.99. The standard InChI is InChI=1S/C11H17F3N2O/c12-11(13,14)8-3-6-16(7-8)9(17)10(15)4-1-2-5-10/h8H,1-7,15H2. The number of amides is 1. The van der Waals surface area contributed by atoms with Crippen molar-refractivity contribution in [2.45, 2.75) is 43.8 Å². The Kier molecular flexibility index (Phi) is 3.10. The molecule has 1 aliphatic heterocycles. The third-order valence-electron chi connectivity index (χ3n) is 3.86. The number of carbonyl (C=O) groups is 1. The molecule has 0 aromatic carbocycles. The van der Waals surface area contributed by atoms with Gasteiger partial charge >= 0.3 is 6.18 Å². The summed E-state index contributed by atoms with van der Waals surface area (Å²) in [4.78, 5) is 13.4. The molecule has 1 heterocycles. The molecule has 2 N–H and O–H groups in total. The number of rotatable bonds is 1. The minimum Gasteiger partial charge on any atom is -0.340 e. The van der Waals surface area contributed by atoms with Gasteiger partial charge in [-0.15, -0.1) is 0 Å². The van der Waals surface area contributed by atoms with Crippen molar-refractivity contribution in [2.75, 3.05) is 13.1 Å². The zero-order chi connectivity index (χ0) is 12.7. The molecule has 0 aromatic rings. The zero-order valence-electron chi connectivity index (χ0n) is 9.59. The molecule has 2 rings (SSSR count). The van der Waals surface area contributed by atoms with Gasteiger partial charge in [0.2, 0.25) is 5.91 Å². The zero-order valence-corrected chi connectivity index (χ0v) is 9.59. The first-order chi connectivity index (χ1) is 7.83. The van der Waals surface area contributed by atoms with Crippen molar-refractivity contribution in [1.82, 2.24) is 4.90 Å². The molecule has 0 aromatic heterocycles. The lowest BCUT2D eigenvalue weighted by Crippen LogP contribution is -2.53. The molecule has 1 unspecified atom stereocenters. The van der Waals surface area contributed by atoms with Gasteiger partial charge in [-0.25, -0.2) is 0 Å². The second-order valence-electron chi connectivity index (χ2n) is 5.14. The SMILES string of the molecule is NC1(C(=O)N2CCC(C(F)(F)F)C2)CCCC1. The number of carbonyl (C=O) groups excluding carboxylic acids is 1. The predicted molar refractivity (Wildman–Crippen MR) is 56.1 cm³/mol. The lowest BCUT2D eigenvalue weighted by Gasteiger charge is -2.28. The van der Waals surface area contributed by atoms with Crippen molar-refractivity contribution >= 4 is 5.91 Å². The van der Waals surface area contributed by atoms with Crippen LogP contribution >= 0.6 is 0 Å². The normalized spacial score (nSPS) is 28.7. The minimum absolute atomic E-state index is 0.00528. The van der Waals surface area contributed by atoms with Gasteiger partial charge in [0.05, 0.1) is 11.5 Å². The van der Waals surface area contributed by atoms with Crippen LogP contribution < -0.4 is 5.73 Å². The Labute approximate surface area is 98.1 Å². The topological polar surface area (TPSA) is 46.3 Å². The summed E-state index contributed by atoms with van der Waals surface area (Å²) in [6, 6.07) is 0. The summed E-state index contributed by atoms with van der Waals surface area (Å²) in [6.07, 6.45) is -1.23. The Hall–Kier alpha value is -0.780. The molecule has 3 nitrogen and oxygen atoms in total. The van der Waals surface area contributed by atoms with Crippen LogP contribution in [0.2, 0.25) is 0 Å². The number of nitrogens with two attached hydrogens (primary N) is 1. The third kappa shape index (κ3) is 2.41. The molecule has 0 bridgehead atoms. The van der Waals surface area contributed by atoms with Crippen molar-refractivity contribution in [2.24, 2.45) is 11.7 Å². The van der Waals surface area contributed by atoms with Crippen LogP contribution in [-0.2, 0) is 4.79 Å². The summed E-state index contributed by atoms with van der Waals surface area (Å²) in [5, 5.41) is 0. The largest absolute Gasteiger partial charge is 0.393 e. The monoisotopic (exact) mass is 250 g/mol. The molecule has 1 atom stereocenters. The molecule has 2 fully saturated rings. The van der Waals surface area contributed by atoms with Crippen LogP contribution in [0.5, 0.6) is 0 Å². The van der Waals surface area contributed by atoms with Crippen molar-refractivity contribution in [3.63, 3.8) is 0 Å². The molecule has 6 heteroatoms. The van der Waals surface area contributed by atoms with Crippen LogP contribution in [0.25, 0.3) is 0 Å². The Morgan fingerprint density at radius 1 is 1.29 bits per heavy atom. The van der Waals surface area contributed by atoms with Crippen LogP contribution in [0.1, 0.15) is 32.1 Å². The average Bonchev–Trinajstić information content (AvgIpc) is 2.84. The lowest BCUT2D eigenvalue weighted by atomic mass is 9.97. The van der Waals surface area contributed by atoms with E-state index in [1.807, 2.05) is 0 Å². The van der Waals surface area contributed by atoms with Crippen LogP contribution in [0, 0.1) is 5.92 Å². The minimum atomic E-state index is -4.20. The van der Waals surface area contributed by atoms with Crippen LogP contribution in [0.4, 0.5) is 13.2 Å². The molecule has 1 saturated heterocycles. The fraction of sp³-hybridized carbons (Fsp3) is 0.909. The van der Waals surface area contributed by atoms with E-state index in [-0.39, 0.29) is 25.4 Å². The van der Waals surface area contributed by atoms with Gasteiger partial charge in [-0.3, -0.25) is 4.79 Å². The summed E-state index contributed by atoms with van der Waals surface area (Å²) in [5.41, 5.74) is 5.06. The first-order valence-electron chi connectivity index (χ1n) is 5.98. The fourth-order valence-electron chi connectivity index (χ4n) is 2.75. The van der Waals surface area contributed by atoms with E-state index in [0.29, 0.717) is 12.8 Å². The van der Waals surface area contributed by atoms with Gasteiger partial charge in [0.1, 0.15) is 0 Å². The number of likely N-dealkylation sites (tertiary alicyclic amines) is 1. The van der Waals surface area contributed by atoms with Crippen LogP contribution in [-0.4, -0.2) is 35.6 Å². The highest BCUT2D eigenvalue weighted by molar-refractivity contribution is 5.86. The molecule has 2 aliphatic rings. The highest BCUT2D eigenvalue weighted by Crippen LogP contribution is 2.36. The first kappa shape index (κ1) is 12.7. The van der Waals surface area contributed by atoms with E-state index in [1.54, 1.807) is 0 Å². The van der Waals surface area contributed by atoms with Gasteiger partial charge < -0.3 is 10.6 Å². The molecule has 1 amide bonds. The van der Waals surface area contributed by atoms with E-state index < -0.39 is 17.6 Å². The van der Waals surface area contributed by atoms with Crippen molar-refractivity contribution in [3.8, 4) is 0 Å². The summed E-state index contributed by atoms with van der Waals surface area (Å²) in [7, 11) is 0. The molecular weight excluding hydrogens is 233 g/mol. The first-order valence-corrected chi connectivity index (χ1v) is 5.98. The number of alkyl halides is 3. The van der Waals surface area contributed by atoms with E-state index in [2.05, 4.69) is 0 Å². The second kappa shape index (κ2) is 4.15. The summed E-state index contributed by atoms with van der Waals surface area (Å²) in [5.74, 6) is -1.67. The molecule has 1 aliphatic carbocycles. The Morgan fingerprint density at radius 2 is 1.88 bits per heavy atom. The third-order valence-corrected chi connectivity index (χ3v) is 3.86. The highest BCUT2D eigenvalue weighted by atomic mass is 19.4. The Morgan fingerprint density at radius 3 is 2.35 bits per heavy atom. The van der Waals surface area contributed by atoms with E-state index in [4.69, 9.17) is 5.73 Å². The van der Waals surface area contributed by atoms with Crippen LogP contribution in [0.15, 0.2) is 0 Å². The van der Waals surface area contributed by atoms with Gasteiger partial charge in [0.15, 0.2) is 0 Å². The molecule has 98 valence electrons. The lowest BCUT2D eigenvalue weighted by molar-refractivity contribution is -0.171.